The number of rotatable bonds is 15. The van der Waals surface area contributed by atoms with Crippen molar-refractivity contribution in [3.63, 3.8) is 0 Å². The summed E-state index contributed by atoms with van der Waals surface area (Å²) in [4.78, 5) is 29.0. The van der Waals surface area contributed by atoms with Gasteiger partial charge in [0.2, 0.25) is 21.8 Å². The lowest BCUT2D eigenvalue weighted by Gasteiger charge is -2.32. The largest absolute Gasteiger partial charge is 0.354 e. The standard InChI is InChI=1S/C31H36Cl3N3O4S/c1-3-4-17-35-31(39)29(20-23-10-6-5-7-11-23)36(22-24-15-16-27(33)28(34)19-24)30(38)14-9-18-37(42(2,40)41)26-13-8-12-25(32)21-26/h5-8,10-13,15-16,19,21,29H,3-4,9,14,17-18,20,22H2,1-2H3,(H,35,39)/t29-/m1/s1. The average molecular weight is 653 g/mol. The fourth-order valence-corrected chi connectivity index (χ4v) is 5.99. The van der Waals surface area contributed by atoms with Gasteiger partial charge in [0.15, 0.2) is 0 Å². The van der Waals surface area contributed by atoms with Crippen molar-refractivity contribution >= 4 is 62.3 Å². The molecular weight excluding hydrogens is 617 g/mol. The summed E-state index contributed by atoms with van der Waals surface area (Å²) in [5.41, 5.74) is 2.04. The molecular formula is C31H36Cl3N3O4S. The van der Waals surface area contributed by atoms with E-state index in [9.17, 15) is 18.0 Å². The molecule has 3 aromatic rings. The maximum atomic E-state index is 13.9. The van der Waals surface area contributed by atoms with Gasteiger partial charge in [-0.05, 0) is 54.3 Å². The SMILES string of the molecule is CCCCNC(=O)[C@@H](Cc1ccccc1)N(Cc1ccc(Cl)c(Cl)c1)C(=O)CCCN(c1cccc(Cl)c1)S(C)(=O)=O. The first-order valence-electron chi connectivity index (χ1n) is 13.8. The van der Waals surface area contributed by atoms with Crippen LogP contribution in [0, 0.1) is 0 Å². The molecule has 7 nitrogen and oxygen atoms in total. The highest BCUT2D eigenvalue weighted by molar-refractivity contribution is 7.92. The predicted molar refractivity (Wildman–Crippen MR) is 172 cm³/mol. The van der Waals surface area contributed by atoms with Crippen LogP contribution < -0.4 is 9.62 Å². The van der Waals surface area contributed by atoms with Crippen LogP contribution in [0.15, 0.2) is 72.8 Å². The van der Waals surface area contributed by atoms with Crippen molar-refractivity contribution in [2.24, 2.45) is 0 Å². The van der Waals surface area contributed by atoms with Crippen molar-refractivity contribution in [1.29, 1.82) is 0 Å². The number of unbranched alkanes of at least 4 members (excludes halogenated alkanes) is 1. The molecule has 0 aliphatic heterocycles. The lowest BCUT2D eigenvalue weighted by Crippen LogP contribution is -2.50. The Hall–Kier alpha value is -2.78. The Morgan fingerprint density at radius 3 is 2.26 bits per heavy atom. The first kappa shape index (κ1) is 33.7. The molecule has 226 valence electrons. The fourth-order valence-electron chi connectivity index (χ4n) is 4.53. The quantitative estimate of drug-likeness (QED) is 0.184. The minimum absolute atomic E-state index is 0.0153. The average Bonchev–Trinajstić information content (AvgIpc) is 2.94. The van der Waals surface area contributed by atoms with Crippen molar-refractivity contribution in [2.75, 3.05) is 23.7 Å². The summed E-state index contributed by atoms with van der Waals surface area (Å²) in [6.07, 6.45) is 3.40. The molecule has 1 atom stereocenters. The highest BCUT2D eigenvalue weighted by Crippen LogP contribution is 2.26. The van der Waals surface area contributed by atoms with Crippen LogP contribution in [0.4, 0.5) is 5.69 Å². The molecule has 0 aliphatic rings. The third kappa shape index (κ3) is 10.2. The third-order valence-electron chi connectivity index (χ3n) is 6.69. The maximum Gasteiger partial charge on any atom is 0.243 e. The summed E-state index contributed by atoms with van der Waals surface area (Å²) in [7, 11) is -3.64. The van der Waals surface area contributed by atoms with Crippen LogP contribution in [-0.2, 0) is 32.6 Å². The van der Waals surface area contributed by atoms with E-state index in [2.05, 4.69) is 5.32 Å². The summed E-state index contributed by atoms with van der Waals surface area (Å²) in [5.74, 6) is -0.537. The van der Waals surface area contributed by atoms with Gasteiger partial charge in [-0.2, -0.15) is 0 Å². The zero-order valence-electron chi connectivity index (χ0n) is 23.7. The second-order valence-corrected chi connectivity index (χ2v) is 13.2. The second-order valence-electron chi connectivity index (χ2n) is 10.0. The number of carbonyl (C=O) groups is 2. The van der Waals surface area contributed by atoms with Crippen molar-refractivity contribution in [3.05, 3.63) is 99.0 Å². The van der Waals surface area contributed by atoms with E-state index >= 15 is 0 Å². The number of halogens is 3. The van der Waals surface area contributed by atoms with Gasteiger partial charge in [0.1, 0.15) is 6.04 Å². The number of carbonyl (C=O) groups excluding carboxylic acids is 2. The van der Waals surface area contributed by atoms with Gasteiger partial charge < -0.3 is 10.2 Å². The van der Waals surface area contributed by atoms with Gasteiger partial charge in [0.25, 0.3) is 0 Å². The Labute approximate surface area is 263 Å². The number of anilines is 1. The molecule has 0 bridgehead atoms. The van der Waals surface area contributed by atoms with Gasteiger partial charge >= 0.3 is 0 Å². The van der Waals surface area contributed by atoms with E-state index in [4.69, 9.17) is 34.8 Å². The fraction of sp³-hybridized carbons (Fsp3) is 0.355. The van der Waals surface area contributed by atoms with E-state index in [0.29, 0.717) is 39.3 Å². The molecule has 42 heavy (non-hydrogen) atoms. The summed E-state index contributed by atoms with van der Waals surface area (Å²) in [6.45, 7) is 2.73. The smallest absolute Gasteiger partial charge is 0.243 e. The summed E-state index contributed by atoms with van der Waals surface area (Å²) in [6, 6.07) is 20.4. The van der Waals surface area contributed by atoms with Crippen LogP contribution in [0.1, 0.15) is 43.7 Å². The topological polar surface area (TPSA) is 86.8 Å². The highest BCUT2D eigenvalue weighted by atomic mass is 35.5. The number of hydrogen-bond donors (Lipinski definition) is 1. The van der Waals surface area contributed by atoms with Crippen molar-refractivity contribution in [2.45, 2.75) is 51.6 Å². The van der Waals surface area contributed by atoms with E-state index in [0.717, 1.165) is 24.7 Å². The first-order chi connectivity index (χ1) is 20.0. The predicted octanol–water partition coefficient (Wildman–Crippen LogP) is 6.75. The van der Waals surface area contributed by atoms with Crippen LogP contribution >= 0.6 is 34.8 Å². The van der Waals surface area contributed by atoms with Gasteiger partial charge in [0, 0.05) is 37.5 Å². The Morgan fingerprint density at radius 2 is 1.62 bits per heavy atom. The molecule has 0 heterocycles. The van der Waals surface area contributed by atoms with E-state index < -0.39 is 16.1 Å². The number of benzene rings is 3. The second kappa shape index (κ2) is 16.2. The minimum atomic E-state index is -3.64. The third-order valence-corrected chi connectivity index (χ3v) is 8.85. The number of nitrogens with zero attached hydrogens (tertiary/aromatic N) is 2. The van der Waals surface area contributed by atoms with Gasteiger partial charge in [-0.3, -0.25) is 13.9 Å². The van der Waals surface area contributed by atoms with E-state index in [-0.39, 0.29) is 37.7 Å². The van der Waals surface area contributed by atoms with Gasteiger partial charge in [-0.25, -0.2) is 8.42 Å². The summed E-state index contributed by atoms with van der Waals surface area (Å²) in [5, 5.41) is 4.13. The zero-order valence-corrected chi connectivity index (χ0v) is 26.8. The lowest BCUT2D eigenvalue weighted by molar-refractivity contribution is -0.141. The Bertz CT molecular complexity index is 1450. The first-order valence-corrected chi connectivity index (χ1v) is 16.8. The van der Waals surface area contributed by atoms with Crippen LogP contribution in [0.5, 0.6) is 0 Å². The molecule has 0 radical (unpaired) electrons. The molecule has 0 fully saturated rings. The van der Waals surface area contributed by atoms with E-state index in [1.54, 1.807) is 47.4 Å². The van der Waals surface area contributed by atoms with Crippen molar-refractivity contribution in [3.8, 4) is 0 Å². The van der Waals surface area contributed by atoms with Crippen molar-refractivity contribution in [1.82, 2.24) is 10.2 Å². The number of sulfonamides is 1. The van der Waals surface area contributed by atoms with Crippen LogP contribution in [0.2, 0.25) is 15.1 Å². The molecule has 11 heteroatoms. The maximum absolute atomic E-state index is 13.9. The number of nitrogens with one attached hydrogen (secondary N) is 1. The summed E-state index contributed by atoms with van der Waals surface area (Å²) < 4.78 is 26.4. The minimum Gasteiger partial charge on any atom is -0.354 e. The molecule has 0 saturated heterocycles. The molecule has 2 amide bonds. The van der Waals surface area contributed by atoms with Gasteiger partial charge in [-0.1, -0.05) is 90.6 Å². The zero-order chi connectivity index (χ0) is 30.7. The molecule has 0 aliphatic carbocycles. The number of hydrogen-bond acceptors (Lipinski definition) is 4. The Kier molecular flexibility index (Phi) is 13.0. The van der Waals surface area contributed by atoms with E-state index in [1.807, 2.05) is 37.3 Å². The summed E-state index contributed by atoms with van der Waals surface area (Å²) >= 11 is 18.5. The van der Waals surface area contributed by atoms with Crippen LogP contribution in [0.25, 0.3) is 0 Å². The molecule has 3 rings (SSSR count). The van der Waals surface area contributed by atoms with E-state index in [1.165, 1.54) is 4.31 Å². The van der Waals surface area contributed by atoms with Crippen LogP contribution in [0.3, 0.4) is 0 Å². The molecule has 3 aromatic carbocycles. The van der Waals surface area contributed by atoms with Gasteiger partial charge in [0.05, 0.1) is 22.0 Å². The van der Waals surface area contributed by atoms with Crippen molar-refractivity contribution < 1.29 is 18.0 Å². The Morgan fingerprint density at radius 1 is 0.881 bits per heavy atom. The van der Waals surface area contributed by atoms with Gasteiger partial charge in [-0.15, -0.1) is 0 Å². The molecule has 0 aromatic heterocycles. The van der Waals surface area contributed by atoms with Crippen LogP contribution in [-0.4, -0.2) is 50.5 Å². The molecule has 0 spiro atoms. The number of amides is 2. The molecule has 1 N–H and O–H groups in total. The molecule has 0 saturated carbocycles. The lowest BCUT2D eigenvalue weighted by atomic mass is 10.0. The molecule has 0 unspecified atom stereocenters. The highest BCUT2D eigenvalue weighted by Gasteiger charge is 2.30. The monoisotopic (exact) mass is 651 g/mol. The Balaban J connectivity index is 1.89. The normalized spacial score (nSPS) is 12.0.